The lowest BCUT2D eigenvalue weighted by Crippen LogP contribution is -2.21. The molecule has 0 saturated heterocycles. The van der Waals surface area contributed by atoms with E-state index in [1.807, 2.05) is 0 Å². The molecular formula is C51H52F6N2O8. The largest absolute Gasteiger partial charge is 0.494 e. The van der Waals surface area contributed by atoms with Gasteiger partial charge >= 0.3 is 24.2 Å². The monoisotopic (exact) mass is 934 g/mol. The Labute approximate surface area is 385 Å². The Kier molecular flexibility index (Phi) is 19.4. The van der Waals surface area contributed by atoms with Crippen molar-refractivity contribution in [1.29, 1.82) is 0 Å². The first-order valence-corrected chi connectivity index (χ1v) is 21.5. The van der Waals surface area contributed by atoms with Gasteiger partial charge in [-0.1, -0.05) is 30.3 Å². The molecule has 5 aromatic carbocycles. The molecule has 356 valence electrons. The lowest BCUT2D eigenvalue weighted by molar-refractivity contribution is -0.186. The molecule has 0 aromatic heterocycles. The van der Waals surface area contributed by atoms with Crippen LogP contribution in [0.4, 0.5) is 37.7 Å². The van der Waals surface area contributed by atoms with Gasteiger partial charge in [0.2, 0.25) is 0 Å². The van der Waals surface area contributed by atoms with Crippen LogP contribution in [0.5, 0.6) is 23.0 Å². The topological polar surface area (TPSA) is 142 Å². The predicted octanol–water partition coefficient (Wildman–Crippen LogP) is 11.7. The average molecular weight is 935 g/mol. The first-order chi connectivity index (χ1) is 32.2. The van der Waals surface area contributed by atoms with Crippen molar-refractivity contribution in [2.75, 3.05) is 51.2 Å². The zero-order valence-electron chi connectivity index (χ0n) is 36.5. The third-order valence-electron chi connectivity index (χ3n) is 9.95. The molecule has 0 atom stereocenters. The molecule has 67 heavy (non-hydrogen) atoms. The van der Waals surface area contributed by atoms with Crippen molar-refractivity contribution >= 4 is 35.5 Å². The van der Waals surface area contributed by atoms with E-state index in [0.29, 0.717) is 85.6 Å². The van der Waals surface area contributed by atoms with E-state index < -0.39 is 43.4 Å². The van der Waals surface area contributed by atoms with Crippen LogP contribution in [0.2, 0.25) is 0 Å². The minimum Gasteiger partial charge on any atom is -0.494 e. The lowest BCUT2D eigenvalue weighted by Gasteiger charge is -2.19. The molecule has 0 fully saturated rings. The van der Waals surface area contributed by atoms with Gasteiger partial charge in [-0.25, -0.2) is 9.59 Å². The van der Waals surface area contributed by atoms with E-state index in [1.54, 1.807) is 12.1 Å². The lowest BCUT2D eigenvalue weighted by atomic mass is 9.98. The number of nitrogens with two attached hydrogens (primary N) is 2. The van der Waals surface area contributed by atoms with Crippen molar-refractivity contribution in [2.45, 2.75) is 56.7 Å². The Morgan fingerprint density at radius 3 is 1.31 bits per heavy atom. The normalized spacial score (nSPS) is 11.8. The van der Waals surface area contributed by atoms with E-state index in [0.717, 1.165) is 12.2 Å². The third-order valence-corrected chi connectivity index (χ3v) is 9.95. The van der Waals surface area contributed by atoms with E-state index in [-0.39, 0.29) is 41.5 Å². The van der Waals surface area contributed by atoms with Gasteiger partial charge in [-0.2, -0.15) is 17.6 Å². The van der Waals surface area contributed by atoms with Crippen LogP contribution in [0, 0.1) is 0 Å². The summed E-state index contributed by atoms with van der Waals surface area (Å²) in [6.45, 7) is -0.606. The molecule has 4 N–H and O–H groups in total. The summed E-state index contributed by atoms with van der Waals surface area (Å²) in [7, 11) is 0. The number of esters is 2. The van der Waals surface area contributed by atoms with Crippen LogP contribution in [-0.2, 0) is 31.3 Å². The van der Waals surface area contributed by atoms with Crippen molar-refractivity contribution in [3.63, 3.8) is 0 Å². The van der Waals surface area contributed by atoms with Gasteiger partial charge in [0.1, 0.15) is 36.2 Å². The summed E-state index contributed by atoms with van der Waals surface area (Å²) in [6, 6.07) is 26.3. The molecule has 0 aliphatic rings. The third kappa shape index (κ3) is 17.0. The Bertz CT molecular complexity index is 2220. The zero-order chi connectivity index (χ0) is 48.1. The molecule has 0 spiro atoms. The van der Waals surface area contributed by atoms with Gasteiger partial charge in [-0.3, -0.25) is 8.78 Å². The number of unbranched alkanes of at least 4 members (excludes halogenated alkanes) is 4. The van der Waals surface area contributed by atoms with Crippen LogP contribution in [0.3, 0.4) is 0 Å². The Morgan fingerprint density at radius 2 is 0.925 bits per heavy atom. The Hall–Kier alpha value is -7.10. The maximum absolute atomic E-state index is 14.9. The number of nitrogen functional groups attached to an aromatic ring is 2. The predicted molar refractivity (Wildman–Crippen MR) is 243 cm³/mol. The van der Waals surface area contributed by atoms with Crippen LogP contribution in [0.25, 0.3) is 12.2 Å². The number of rotatable bonds is 27. The highest BCUT2D eigenvalue weighted by Crippen LogP contribution is 2.34. The molecule has 0 saturated carbocycles. The van der Waals surface area contributed by atoms with Crippen LogP contribution in [0.15, 0.2) is 127 Å². The second-order valence-corrected chi connectivity index (χ2v) is 15.1. The Morgan fingerprint density at radius 1 is 0.522 bits per heavy atom. The van der Waals surface area contributed by atoms with Crippen molar-refractivity contribution in [1.82, 2.24) is 0 Å². The van der Waals surface area contributed by atoms with Crippen molar-refractivity contribution in [3.8, 4) is 23.0 Å². The summed E-state index contributed by atoms with van der Waals surface area (Å²) in [6.07, 6.45) is 1.32. The number of halogens is 6. The highest BCUT2D eigenvalue weighted by Gasteiger charge is 2.35. The molecule has 0 bridgehead atoms. The minimum absolute atomic E-state index is 0.123. The maximum atomic E-state index is 14.9. The van der Waals surface area contributed by atoms with E-state index in [9.17, 15) is 35.9 Å². The van der Waals surface area contributed by atoms with Gasteiger partial charge in [-0.15, -0.1) is 0 Å². The Balaban J connectivity index is 1.10. The van der Waals surface area contributed by atoms with Crippen LogP contribution >= 0.6 is 0 Å². The summed E-state index contributed by atoms with van der Waals surface area (Å²) in [5.74, 6) is -1.65. The standard InChI is InChI=1S/C51H52F6N2O8/c52-29-3-1-5-31-62-42-22-13-39(14-23-42)50(54,55)66-44-18-7-36(8-19-44)11-27-48(60)64-34-38(46-26-17-41(58)33-47(46)59)35-65-49(61)28-12-37-9-20-45(21-10-37)67-51(56,57)40-15-24-43(25-16-40)63-32-6-2-4-30-53/h7-28,33,38H,1-6,29-32,34-35,58-59H2/b27-11+,28-12+. The molecule has 10 nitrogen and oxygen atoms in total. The summed E-state index contributed by atoms with van der Waals surface area (Å²) in [5.41, 5.74) is 13.4. The SMILES string of the molecule is Nc1ccc(C(COC(=O)/C=C/c2ccc(OC(F)(F)c3ccc(OCCCCCF)cc3)cc2)COC(=O)/C=C/c2ccc(OC(F)(F)c3ccc(OCCCCCF)cc3)cc2)c(N)c1. The number of hydrogen-bond donors (Lipinski definition) is 2. The van der Waals surface area contributed by atoms with E-state index in [4.69, 9.17) is 39.9 Å². The van der Waals surface area contributed by atoms with Gasteiger partial charge in [0, 0.05) is 23.5 Å². The van der Waals surface area contributed by atoms with Crippen LogP contribution < -0.4 is 30.4 Å². The number of ether oxygens (including phenoxy) is 6. The van der Waals surface area contributed by atoms with E-state index in [2.05, 4.69) is 0 Å². The van der Waals surface area contributed by atoms with E-state index >= 15 is 0 Å². The fourth-order valence-corrected chi connectivity index (χ4v) is 6.31. The van der Waals surface area contributed by atoms with Gasteiger partial charge in [0.15, 0.2) is 0 Å². The van der Waals surface area contributed by atoms with Crippen molar-refractivity contribution in [2.24, 2.45) is 0 Å². The zero-order valence-corrected chi connectivity index (χ0v) is 36.5. The highest BCUT2D eigenvalue weighted by molar-refractivity contribution is 5.87. The van der Waals surface area contributed by atoms with E-state index in [1.165, 1.54) is 115 Å². The van der Waals surface area contributed by atoms with Gasteiger partial charge in [0.05, 0.1) is 43.6 Å². The number of anilines is 2. The van der Waals surface area contributed by atoms with Crippen molar-refractivity contribution < 1.29 is 64.4 Å². The van der Waals surface area contributed by atoms with Gasteiger partial charge in [0.25, 0.3) is 0 Å². The van der Waals surface area contributed by atoms with Gasteiger partial charge in [-0.05, 0) is 152 Å². The molecular weight excluding hydrogens is 883 g/mol. The first kappa shape index (κ1) is 50.9. The molecule has 0 amide bonds. The number of carbonyl (C=O) groups excluding carboxylic acids is 2. The second kappa shape index (κ2) is 25.6. The number of alkyl halides is 6. The first-order valence-electron chi connectivity index (χ1n) is 21.5. The number of carbonyl (C=O) groups is 2. The van der Waals surface area contributed by atoms with Crippen LogP contribution in [-0.4, -0.2) is 51.7 Å². The second-order valence-electron chi connectivity index (χ2n) is 15.1. The summed E-state index contributed by atoms with van der Waals surface area (Å²) < 4.78 is 116. The molecule has 5 aromatic rings. The summed E-state index contributed by atoms with van der Waals surface area (Å²) in [5, 5.41) is 0. The maximum Gasteiger partial charge on any atom is 0.426 e. The fraction of sp³-hybridized carbons (Fsp3) is 0.294. The molecule has 0 radical (unpaired) electrons. The molecule has 0 heterocycles. The van der Waals surface area contributed by atoms with Crippen molar-refractivity contribution in [3.05, 3.63) is 155 Å². The molecule has 0 aliphatic heterocycles. The number of hydrogen-bond acceptors (Lipinski definition) is 10. The molecule has 0 unspecified atom stereocenters. The molecule has 5 rings (SSSR count). The number of benzene rings is 5. The quantitative estimate of drug-likeness (QED) is 0.0172. The summed E-state index contributed by atoms with van der Waals surface area (Å²) in [4.78, 5) is 25.6. The average Bonchev–Trinajstić information content (AvgIpc) is 3.31. The smallest absolute Gasteiger partial charge is 0.426 e. The highest BCUT2D eigenvalue weighted by atomic mass is 19.3. The molecule has 0 aliphatic carbocycles. The minimum atomic E-state index is -3.66. The van der Waals surface area contributed by atoms with Crippen LogP contribution in [0.1, 0.15) is 72.3 Å². The summed E-state index contributed by atoms with van der Waals surface area (Å²) >= 11 is 0. The fourth-order valence-electron chi connectivity index (χ4n) is 6.31. The molecule has 16 heteroatoms. The van der Waals surface area contributed by atoms with Gasteiger partial charge < -0.3 is 39.9 Å².